The van der Waals surface area contributed by atoms with Crippen molar-refractivity contribution < 1.29 is 9.59 Å². The molecule has 6 nitrogen and oxygen atoms in total. The highest BCUT2D eigenvalue weighted by Crippen LogP contribution is 2.22. The predicted octanol–water partition coefficient (Wildman–Crippen LogP) is 3.16. The lowest BCUT2D eigenvalue weighted by atomic mass is 9.95. The molecule has 0 saturated carbocycles. The van der Waals surface area contributed by atoms with Gasteiger partial charge < -0.3 is 10.2 Å². The average Bonchev–Trinajstić information content (AvgIpc) is 2.76. The van der Waals surface area contributed by atoms with Crippen LogP contribution in [0.4, 0.5) is 0 Å². The van der Waals surface area contributed by atoms with Crippen molar-refractivity contribution in [2.24, 2.45) is 5.92 Å². The molecule has 3 rings (SSSR count). The van der Waals surface area contributed by atoms with Crippen molar-refractivity contribution in [3.63, 3.8) is 0 Å². The number of likely N-dealkylation sites (tertiary alicyclic amines) is 1. The summed E-state index contributed by atoms with van der Waals surface area (Å²) in [7, 11) is 0. The minimum atomic E-state index is -0.532. The maximum atomic E-state index is 13.1. The first-order valence-electron chi connectivity index (χ1n) is 11.1. The fourth-order valence-electron chi connectivity index (χ4n) is 4.25. The summed E-state index contributed by atoms with van der Waals surface area (Å²) in [4.78, 5) is 33.1. The van der Waals surface area contributed by atoms with Gasteiger partial charge in [0, 0.05) is 39.0 Å². The molecule has 31 heavy (non-hydrogen) atoms. The molecule has 2 amide bonds. The topological polar surface area (TPSA) is 65.5 Å². The Morgan fingerprint density at radius 2 is 1.94 bits per heavy atom. The third-order valence-electron chi connectivity index (χ3n) is 6.04. The summed E-state index contributed by atoms with van der Waals surface area (Å²) in [6.45, 7) is 9.64. The van der Waals surface area contributed by atoms with Crippen LogP contribution in [0.3, 0.4) is 0 Å². The maximum absolute atomic E-state index is 13.1. The number of carbonyl (C=O) groups is 2. The summed E-state index contributed by atoms with van der Waals surface area (Å²) in [6, 6.07) is 11.9. The second kappa shape index (κ2) is 11.0. The van der Waals surface area contributed by atoms with Crippen LogP contribution >= 0.6 is 0 Å². The van der Waals surface area contributed by atoms with E-state index in [4.69, 9.17) is 0 Å². The Hall–Kier alpha value is -2.73. The number of amides is 2. The van der Waals surface area contributed by atoms with Crippen molar-refractivity contribution in [2.45, 2.75) is 52.7 Å². The zero-order valence-electron chi connectivity index (χ0n) is 18.9. The van der Waals surface area contributed by atoms with Gasteiger partial charge in [-0.3, -0.25) is 19.5 Å². The van der Waals surface area contributed by atoms with Crippen molar-refractivity contribution in [2.75, 3.05) is 19.6 Å². The molecule has 1 saturated heterocycles. The van der Waals surface area contributed by atoms with Crippen molar-refractivity contribution >= 4 is 11.8 Å². The number of aromatic nitrogens is 1. The smallest absolute Gasteiger partial charge is 0.245 e. The lowest BCUT2D eigenvalue weighted by molar-refractivity contribution is -0.137. The SMILES string of the molecule is CC(=O)N[C@@H](C)C(=O)N(Cc1cccnc1)CC1CCN(Cc2ccccc2C)CC1. The number of carbonyl (C=O) groups excluding carboxylic acids is 2. The molecule has 2 heterocycles. The summed E-state index contributed by atoms with van der Waals surface area (Å²) >= 11 is 0. The predicted molar refractivity (Wildman–Crippen MR) is 122 cm³/mol. The highest BCUT2D eigenvalue weighted by molar-refractivity contribution is 5.86. The molecule has 0 bridgehead atoms. The number of nitrogens with zero attached hydrogens (tertiary/aromatic N) is 3. The average molecular weight is 423 g/mol. The third kappa shape index (κ3) is 6.89. The molecular weight excluding hydrogens is 388 g/mol. The van der Waals surface area contributed by atoms with Crippen LogP contribution in [0.1, 0.15) is 43.4 Å². The first-order chi connectivity index (χ1) is 14.9. The molecule has 1 fully saturated rings. The molecule has 1 N–H and O–H groups in total. The van der Waals surface area contributed by atoms with Gasteiger partial charge in [0.15, 0.2) is 0 Å². The fourth-order valence-corrected chi connectivity index (χ4v) is 4.25. The summed E-state index contributed by atoms with van der Waals surface area (Å²) in [5.41, 5.74) is 3.73. The van der Waals surface area contributed by atoms with E-state index in [1.54, 1.807) is 19.3 Å². The number of benzene rings is 1. The number of piperidine rings is 1. The van der Waals surface area contributed by atoms with Gasteiger partial charge in [-0.2, -0.15) is 0 Å². The van der Waals surface area contributed by atoms with Crippen LogP contribution in [-0.4, -0.2) is 52.3 Å². The Balaban J connectivity index is 1.59. The van der Waals surface area contributed by atoms with Crippen molar-refractivity contribution in [1.29, 1.82) is 0 Å². The first-order valence-corrected chi connectivity index (χ1v) is 11.1. The number of aryl methyl sites for hydroxylation is 1. The number of pyridine rings is 1. The van der Waals surface area contributed by atoms with Gasteiger partial charge in [-0.15, -0.1) is 0 Å². The van der Waals surface area contributed by atoms with E-state index in [2.05, 4.69) is 46.4 Å². The highest BCUT2D eigenvalue weighted by atomic mass is 16.2. The van der Waals surface area contributed by atoms with E-state index in [9.17, 15) is 9.59 Å². The van der Waals surface area contributed by atoms with Gasteiger partial charge in [-0.05, 0) is 68.5 Å². The Bertz CT molecular complexity index is 863. The van der Waals surface area contributed by atoms with Crippen LogP contribution in [0.15, 0.2) is 48.8 Å². The molecule has 1 atom stereocenters. The second-order valence-electron chi connectivity index (χ2n) is 8.65. The maximum Gasteiger partial charge on any atom is 0.245 e. The molecule has 2 aromatic rings. The number of nitrogens with one attached hydrogen (secondary N) is 1. The summed E-state index contributed by atoms with van der Waals surface area (Å²) in [5, 5.41) is 2.73. The van der Waals surface area contributed by atoms with Gasteiger partial charge in [-0.1, -0.05) is 30.3 Å². The molecule has 166 valence electrons. The van der Waals surface area contributed by atoms with Gasteiger partial charge in [0.05, 0.1) is 0 Å². The molecule has 1 aliphatic heterocycles. The van der Waals surface area contributed by atoms with Gasteiger partial charge in [0.1, 0.15) is 6.04 Å². The van der Waals surface area contributed by atoms with Crippen LogP contribution in [0.5, 0.6) is 0 Å². The van der Waals surface area contributed by atoms with Crippen LogP contribution in [-0.2, 0) is 22.7 Å². The van der Waals surface area contributed by atoms with E-state index in [-0.39, 0.29) is 11.8 Å². The molecule has 1 aliphatic rings. The number of hydrogen-bond donors (Lipinski definition) is 1. The summed E-state index contributed by atoms with van der Waals surface area (Å²) in [6.07, 6.45) is 5.67. The van der Waals surface area contributed by atoms with Crippen molar-refractivity contribution in [3.05, 3.63) is 65.5 Å². The Kier molecular flexibility index (Phi) is 8.18. The third-order valence-corrected chi connectivity index (χ3v) is 6.04. The Morgan fingerprint density at radius 3 is 2.58 bits per heavy atom. The van der Waals surface area contributed by atoms with Crippen LogP contribution in [0.2, 0.25) is 0 Å². The van der Waals surface area contributed by atoms with Gasteiger partial charge in [-0.25, -0.2) is 0 Å². The second-order valence-corrected chi connectivity index (χ2v) is 8.65. The zero-order valence-corrected chi connectivity index (χ0v) is 18.9. The van der Waals surface area contributed by atoms with Gasteiger partial charge >= 0.3 is 0 Å². The van der Waals surface area contributed by atoms with Crippen LogP contribution in [0.25, 0.3) is 0 Å². The lowest BCUT2D eigenvalue weighted by Gasteiger charge is -2.36. The largest absolute Gasteiger partial charge is 0.345 e. The molecule has 6 heteroatoms. The molecule has 1 aromatic heterocycles. The van der Waals surface area contributed by atoms with Crippen LogP contribution in [0, 0.1) is 12.8 Å². The van der Waals surface area contributed by atoms with Gasteiger partial charge in [0.25, 0.3) is 0 Å². The van der Waals surface area contributed by atoms with Crippen molar-refractivity contribution in [1.82, 2.24) is 20.1 Å². The van der Waals surface area contributed by atoms with Crippen LogP contribution < -0.4 is 5.32 Å². The standard InChI is InChI=1S/C25H34N4O2/c1-19-7-4-5-9-24(19)18-28-13-10-22(11-14-28)16-29(17-23-8-6-12-26-15-23)25(31)20(2)27-21(3)30/h4-9,12,15,20,22H,10-11,13-14,16-18H2,1-3H3,(H,27,30)/t20-/m0/s1. The zero-order chi connectivity index (χ0) is 22.2. The van der Waals surface area contributed by atoms with E-state index < -0.39 is 6.04 Å². The summed E-state index contributed by atoms with van der Waals surface area (Å²) in [5.74, 6) is 0.228. The van der Waals surface area contributed by atoms with Gasteiger partial charge in [0.2, 0.25) is 11.8 Å². The minimum Gasteiger partial charge on any atom is -0.345 e. The lowest BCUT2D eigenvalue weighted by Crippen LogP contribution is -2.48. The monoisotopic (exact) mass is 422 g/mol. The van der Waals surface area contributed by atoms with E-state index >= 15 is 0 Å². The first kappa shape index (κ1) is 22.9. The summed E-state index contributed by atoms with van der Waals surface area (Å²) < 4.78 is 0. The Labute approximate surface area is 185 Å². The quantitative estimate of drug-likeness (QED) is 0.710. The highest BCUT2D eigenvalue weighted by Gasteiger charge is 2.27. The molecule has 0 spiro atoms. The van der Waals surface area contributed by atoms with E-state index in [1.807, 2.05) is 17.0 Å². The molecule has 1 aromatic carbocycles. The minimum absolute atomic E-state index is 0.0404. The fraction of sp³-hybridized carbons (Fsp3) is 0.480. The normalized spacial score (nSPS) is 16.0. The number of rotatable bonds is 8. The Morgan fingerprint density at radius 1 is 1.19 bits per heavy atom. The van der Waals surface area contributed by atoms with E-state index in [1.165, 1.54) is 18.1 Å². The molecular formula is C25H34N4O2. The van der Waals surface area contributed by atoms with Crippen molar-refractivity contribution in [3.8, 4) is 0 Å². The molecule has 0 radical (unpaired) electrons. The number of hydrogen-bond acceptors (Lipinski definition) is 4. The molecule has 0 aliphatic carbocycles. The van der Waals surface area contributed by atoms with E-state index in [0.29, 0.717) is 19.0 Å². The van der Waals surface area contributed by atoms with E-state index in [0.717, 1.165) is 38.0 Å². The molecule has 0 unspecified atom stereocenters.